The predicted octanol–water partition coefficient (Wildman–Crippen LogP) is 2.92. The number of ether oxygens (including phenoxy) is 1. The standard InChI is InChI=1S/C18H26N4O3.HI/c1-5-19-18(21-11-16-22-12(2)13(3)25-16)20-10-9-14-7-6-8-15(24-4)17(14)23;/h6-8,23H,5,9-11H2,1-4H3,(H2,19,20,21);1H. The number of phenolic OH excluding ortho intramolecular Hbond substituents is 1. The zero-order valence-corrected chi connectivity index (χ0v) is 18.0. The summed E-state index contributed by atoms with van der Waals surface area (Å²) in [4.78, 5) is 8.80. The van der Waals surface area contributed by atoms with Gasteiger partial charge in [0.15, 0.2) is 17.5 Å². The Bertz CT molecular complexity index is 712. The smallest absolute Gasteiger partial charge is 0.216 e. The van der Waals surface area contributed by atoms with Crippen molar-refractivity contribution in [1.29, 1.82) is 0 Å². The molecule has 2 aromatic rings. The van der Waals surface area contributed by atoms with Gasteiger partial charge in [-0.2, -0.15) is 0 Å². The minimum Gasteiger partial charge on any atom is -0.504 e. The summed E-state index contributed by atoms with van der Waals surface area (Å²) < 4.78 is 10.7. The van der Waals surface area contributed by atoms with Crippen molar-refractivity contribution in [3.63, 3.8) is 0 Å². The Hall–Kier alpha value is -1.97. The number of para-hydroxylation sites is 1. The van der Waals surface area contributed by atoms with Gasteiger partial charge < -0.3 is 24.9 Å². The van der Waals surface area contributed by atoms with Crippen LogP contribution >= 0.6 is 24.0 Å². The van der Waals surface area contributed by atoms with Crippen molar-refractivity contribution >= 4 is 29.9 Å². The van der Waals surface area contributed by atoms with Gasteiger partial charge in [0.05, 0.1) is 12.8 Å². The molecule has 0 bridgehead atoms. The predicted molar refractivity (Wildman–Crippen MR) is 113 cm³/mol. The lowest BCUT2D eigenvalue weighted by molar-refractivity contribution is 0.370. The average molecular weight is 474 g/mol. The fourth-order valence-electron chi connectivity index (χ4n) is 2.35. The summed E-state index contributed by atoms with van der Waals surface area (Å²) in [6.07, 6.45) is 0.644. The third-order valence-electron chi connectivity index (χ3n) is 3.78. The summed E-state index contributed by atoms with van der Waals surface area (Å²) in [5.74, 6) is 2.75. The van der Waals surface area contributed by atoms with Crippen LogP contribution in [0, 0.1) is 13.8 Å². The number of rotatable bonds is 7. The molecule has 0 aliphatic heterocycles. The molecule has 1 aromatic heterocycles. The van der Waals surface area contributed by atoms with Gasteiger partial charge in [-0.1, -0.05) is 12.1 Å². The van der Waals surface area contributed by atoms with E-state index in [9.17, 15) is 5.11 Å². The number of benzene rings is 1. The molecular formula is C18H27IN4O3. The average Bonchev–Trinajstić information content (AvgIpc) is 2.92. The van der Waals surface area contributed by atoms with Gasteiger partial charge in [0.1, 0.15) is 12.3 Å². The number of guanidine groups is 1. The highest BCUT2D eigenvalue weighted by Crippen LogP contribution is 2.29. The van der Waals surface area contributed by atoms with Crippen LogP contribution in [0.1, 0.15) is 29.8 Å². The maximum Gasteiger partial charge on any atom is 0.216 e. The second-order valence-electron chi connectivity index (χ2n) is 5.59. The lowest BCUT2D eigenvalue weighted by Gasteiger charge is -2.12. The van der Waals surface area contributed by atoms with E-state index < -0.39 is 0 Å². The molecule has 0 radical (unpaired) electrons. The number of hydrogen-bond donors (Lipinski definition) is 3. The van der Waals surface area contributed by atoms with Crippen molar-refractivity contribution in [1.82, 2.24) is 15.6 Å². The fraction of sp³-hybridized carbons (Fsp3) is 0.444. The monoisotopic (exact) mass is 474 g/mol. The van der Waals surface area contributed by atoms with E-state index in [-0.39, 0.29) is 29.7 Å². The lowest BCUT2D eigenvalue weighted by atomic mass is 10.1. The van der Waals surface area contributed by atoms with E-state index in [1.807, 2.05) is 32.9 Å². The zero-order valence-electron chi connectivity index (χ0n) is 15.6. The van der Waals surface area contributed by atoms with Gasteiger partial charge >= 0.3 is 0 Å². The normalized spacial score (nSPS) is 11.0. The number of hydrogen-bond acceptors (Lipinski definition) is 5. The first-order valence-electron chi connectivity index (χ1n) is 8.35. The van der Waals surface area contributed by atoms with Crippen molar-refractivity contribution in [3.05, 3.63) is 41.1 Å². The number of aliphatic imine (C=N–C) groups is 1. The van der Waals surface area contributed by atoms with E-state index >= 15 is 0 Å². The Labute approximate surface area is 171 Å². The molecule has 0 amide bonds. The van der Waals surface area contributed by atoms with Gasteiger partial charge in [-0.05, 0) is 38.8 Å². The van der Waals surface area contributed by atoms with Crippen LogP contribution in [0.4, 0.5) is 0 Å². The second-order valence-corrected chi connectivity index (χ2v) is 5.59. The molecule has 0 atom stereocenters. The molecule has 8 heteroatoms. The van der Waals surface area contributed by atoms with Gasteiger partial charge in [0.2, 0.25) is 5.89 Å². The third-order valence-corrected chi connectivity index (χ3v) is 3.78. The van der Waals surface area contributed by atoms with Crippen LogP contribution in [0.3, 0.4) is 0 Å². The molecule has 1 heterocycles. The zero-order chi connectivity index (χ0) is 18.2. The molecule has 0 unspecified atom stereocenters. The highest BCUT2D eigenvalue weighted by Gasteiger charge is 2.08. The first-order chi connectivity index (χ1) is 12.0. The molecule has 0 spiro atoms. The molecular weight excluding hydrogens is 447 g/mol. The van der Waals surface area contributed by atoms with E-state index in [1.165, 1.54) is 0 Å². The molecule has 7 nitrogen and oxygen atoms in total. The van der Waals surface area contributed by atoms with Crippen molar-refractivity contribution in [2.75, 3.05) is 20.2 Å². The van der Waals surface area contributed by atoms with Gasteiger partial charge in [-0.3, -0.25) is 0 Å². The molecule has 144 valence electrons. The van der Waals surface area contributed by atoms with Crippen molar-refractivity contribution in [2.45, 2.75) is 33.7 Å². The van der Waals surface area contributed by atoms with Crippen LogP contribution in [-0.4, -0.2) is 36.2 Å². The molecule has 0 aliphatic rings. The molecule has 2 rings (SSSR count). The minimum atomic E-state index is 0. The topological polar surface area (TPSA) is 91.9 Å². The first kappa shape index (κ1) is 22.1. The number of aromatic hydroxyl groups is 1. The SMILES string of the molecule is CCNC(=NCc1nc(C)c(C)o1)NCCc1cccc(OC)c1O.I. The molecule has 0 fully saturated rings. The number of nitrogens with one attached hydrogen (secondary N) is 2. The van der Waals surface area contributed by atoms with Gasteiger partial charge in [0, 0.05) is 13.1 Å². The Morgan fingerprint density at radius 3 is 2.69 bits per heavy atom. The van der Waals surface area contributed by atoms with Gasteiger partial charge in [0.25, 0.3) is 0 Å². The van der Waals surface area contributed by atoms with Gasteiger partial charge in [-0.25, -0.2) is 9.98 Å². The van der Waals surface area contributed by atoms with Crippen LogP contribution in [0.25, 0.3) is 0 Å². The van der Waals surface area contributed by atoms with E-state index in [0.29, 0.717) is 37.1 Å². The Balaban J connectivity index is 0.00000338. The Morgan fingerprint density at radius 1 is 1.31 bits per heavy atom. The number of nitrogens with zero attached hydrogens (tertiary/aromatic N) is 2. The number of oxazole rings is 1. The maximum absolute atomic E-state index is 10.1. The summed E-state index contributed by atoms with van der Waals surface area (Å²) in [5, 5.41) is 16.5. The maximum atomic E-state index is 10.1. The molecule has 1 aromatic carbocycles. The highest BCUT2D eigenvalue weighted by atomic mass is 127. The molecule has 3 N–H and O–H groups in total. The summed E-state index contributed by atoms with van der Waals surface area (Å²) in [6, 6.07) is 5.47. The summed E-state index contributed by atoms with van der Waals surface area (Å²) in [6.45, 7) is 7.55. The molecule has 0 saturated heterocycles. The molecule has 0 saturated carbocycles. The van der Waals surface area contributed by atoms with E-state index in [4.69, 9.17) is 9.15 Å². The van der Waals surface area contributed by atoms with E-state index in [0.717, 1.165) is 23.6 Å². The lowest BCUT2D eigenvalue weighted by Crippen LogP contribution is -2.38. The van der Waals surface area contributed by atoms with Crippen LogP contribution in [0.5, 0.6) is 11.5 Å². The fourth-order valence-corrected chi connectivity index (χ4v) is 2.35. The van der Waals surface area contributed by atoms with Gasteiger partial charge in [-0.15, -0.1) is 24.0 Å². The van der Waals surface area contributed by atoms with Crippen LogP contribution in [0.2, 0.25) is 0 Å². The summed E-state index contributed by atoms with van der Waals surface area (Å²) in [5.41, 5.74) is 1.71. The Kier molecular flexibility index (Phi) is 9.25. The Morgan fingerprint density at radius 2 is 2.08 bits per heavy atom. The van der Waals surface area contributed by atoms with Crippen LogP contribution < -0.4 is 15.4 Å². The van der Waals surface area contributed by atoms with Crippen LogP contribution in [0.15, 0.2) is 27.6 Å². The molecule has 26 heavy (non-hydrogen) atoms. The van der Waals surface area contributed by atoms with E-state index in [1.54, 1.807) is 13.2 Å². The first-order valence-corrected chi connectivity index (χ1v) is 8.35. The largest absolute Gasteiger partial charge is 0.504 e. The number of aromatic nitrogens is 1. The number of methoxy groups -OCH3 is 1. The van der Waals surface area contributed by atoms with Crippen molar-refractivity contribution in [3.8, 4) is 11.5 Å². The summed E-state index contributed by atoms with van der Waals surface area (Å²) >= 11 is 0. The third kappa shape index (κ3) is 6.08. The quantitative estimate of drug-likeness (QED) is 0.325. The minimum absolute atomic E-state index is 0. The highest BCUT2D eigenvalue weighted by molar-refractivity contribution is 14.0. The number of aryl methyl sites for hydroxylation is 2. The number of halogens is 1. The molecule has 0 aliphatic carbocycles. The summed E-state index contributed by atoms with van der Waals surface area (Å²) in [7, 11) is 1.54. The van der Waals surface area contributed by atoms with Crippen LogP contribution in [-0.2, 0) is 13.0 Å². The number of phenols is 1. The van der Waals surface area contributed by atoms with Crippen molar-refractivity contribution in [2.24, 2.45) is 4.99 Å². The van der Waals surface area contributed by atoms with E-state index in [2.05, 4.69) is 20.6 Å². The second kappa shape index (κ2) is 10.9. The van der Waals surface area contributed by atoms with Crippen molar-refractivity contribution < 1.29 is 14.3 Å².